The average molecular weight is 365 g/mol. The van der Waals surface area contributed by atoms with E-state index in [1.165, 1.54) is 20.3 Å². The van der Waals surface area contributed by atoms with Crippen LogP contribution in [0.5, 0.6) is 0 Å². The molecule has 0 heterocycles. The van der Waals surface area contributed by atoms with E-state index >= 15 is 0 Å². The molecule has 2 aromatic rings. The highest BCUT2D eigenvalue weighted by Gasteiger charge is 2.15. The van der Waals surface area contributed by atoms with Crippen LogP contribution in [0.3, 0.4) is 0 Å². The van der Waals surface area contributed by atoms with Gasteiger partial charge in [-0.1, -0.05) is 55.0 Å². The van der Waals surface area contributed by atoms with Crippen molar-refractivity contribution in [3.63, 3.8) is 0 Å². The van der Waals surface area contributed by atoms with Gasteiger partial charge in [0.1, 0.15) is 0 Å². The fourth-order valence-electron chi connectivity index (χ4n) is 2.16. The Kier molecular flexibility index (Phi) is 5.40. The molecule has 2 rings (SSSR count). The third-order valence-electron chi connectivity index (χ3n) is 3.23. The lowest BCUT2D eigenvalue weighted by Gasteiger charge is -2.21. The summed E-state index contributed by atoms with van der Waals surface area (Å²) in [4.78, 5) is 0. The van der Waals surface area contributed by atoms with Crippen LogP contribution in [0.1, 0.15) is 36.1 Å². The van der Waals surface area contributed by atoms with Gasteiger partial charge in [0.15, 0.2) is 0 Å². The SMILES string of the molecule is CCCNC(c1ccc(C)cc1)c1ccccc1I. The van der Waals surface area contributed by atoms with E-state index in [-0.39, 0.29) is 6.04 Å². The molecule has 0 aromatic heterocycles. The van der Waals surface area contributed by atoms with Gasteiger partial charge in [0.05, 0.1) is 6.04 Å². The maximum atomic E-state index is 3.66. The lowest BCUT2D eigenvalue weighted by Crippen LogP contribution is -2.23. The Morgan fingerprint density at radius 3 is 2.37 bits per heavy atom. The van der Waals surface area contributed by atoms with Crippen molar-refractivity contribution in [1.29, 1.82) is 0 Å². The molecule has 1 unspecified atom stereocenters. The number of rotatable bonds is 5. The number of halogens is 1. The molecular weight excluding hydrogens is 345 g/mol. The van der Waals surface area contributed by atoms with Crippen molar-refractivity contribution in [2.75, 3.05) is 6.54 Å². The first-order chi connectivity index (χ1) is 9.22. The number of hydrogen-bond acceptors (Lipinski definition) is 1. The van der Waals surface area contributed by atoms with Gasteiger partial charge in [-0.2, -0.15) is 0 Å². The van der Waals surface area contributed by atoms with Crippen molar-refractivity contribution in [2.24, 2.45) is 0 Å². The molecule has 0 fully saturated rings. The molecule has 0 amide bonds. The molecule has 0 radical (unpaired) electrons. The Morgan fingerprint density at radius 2 is 1.74 bits per heavy atom. The Bertz CT molecular complexity index is 519. The summed E-state index contributed by atoms with van der Waals surface area (Å²) in [5.74, 6) is 0. The molecule has 0 aliphatic carbocycles. The Morgan fingerprint density at radius 1 is 1.05 bits per heavy atom. The summed E-state index contributed by atoms with van der Waals surface area (Å²) in [5.41, 5.74) is 4.00. The Balaban J connectivity index is 2.35. The zero-order chi connectivity index (χ0) is 13.7. The average Bonchev–Trinajstić information content (AvgIpc) is 2.43. The minimum Gasteiger partial charge on any atom is -0.306 e. The normalized spacial score (nSPS) is 12.4. The third-order valence-corrected chi connectivity index (χ3v) is 4.21. The first-order valence-electron chi connectivity index (χ1n) is 6.76. The molecule has 1 N–H and O–H groups in total. The van der Waals surface area contributed by atoms with E-state index in [2.05, 4.69) is 90.3 Å². The summed E-state index contributed by atoms with van der Waals surface area (Å²) in [7, 11) is 0. The van der Waals surface area contributed by atoms with Crippen molar-refractivity contribution in [1.82, 2.24) is 5.32 Å². The monoisotopic (exact) mass is 365 g/mol. The highest BCUT2D eigenvalue weighted by atomic mass is 127. The van der Waals surface area contributed by atoms with E-state index in [9.17, 15) is 0 Å². The van der Waals surface area contributed by atoms with Gasteiger partial charge in [0.2, 0.25) is 0 Å². The second-order valence-corrected chi connectivity index (χ2v) is 5.98. The molecule has 100 valence electrons. The highest BCUT2D eigenvalue weighted by molar-refractivity contribution is 14.1. The molecular formula is C17H20IN. The number of aryl methyl sites for hydroxylation is 1. The molecule has 0 aliphatic rings. The molecule has 0 saturated heterocycles. The van der Waals surface area contributed by atoms with Gasteiger partial charge in [-0.25, -0.2) is 0 Å². The largest absolute Gasteiger partial charge is 0.306 e. The van der Waals surface area contributed by atoms with E-state index in [1.807, 2.05) is 0 Å². The van der Waals surface area contributed by atoms with Gasteiger partial charge in [-0.15, -0.1) is 0 Å². The summed E-state index contributed by atoms with van der Waals surface area (Å²) in [6, 6.07) is 17.7. The molecule has 0 aliphatic heterocycles. The standard InChI is InChI=1S/C17H20IN/c1-3-12-19-17(14-10-8-13(2)9-11-14)15-6-4-5-7-16(15)18/h4-11,17,19H,3,12H2,1-2H3. The van der Waals surface area contributed by atoms with Gasteiger partial charge in [-0.3, -0.25) is 0 Å². The van der Waals surface area contributed by atoms with Crippen molar-refractivity contribution in [3.05, 3.63) is 68.8 Å². The van der Waals surface area contributed by atoms with Crippen molar-refractivity contribution < 1.29 is 0 Å². The van der Waals surface area contributed by atoms with E-state index < -0.39 is 0 Å². The number of benzene rings is 2. The summed E-state index contributed by atoms with van der Waals surface area (Å²) in [6.45, 7) is 5.36. The lowest BCUT2D eigenvalue weighted by molar-refractivity contribution is 0.596. The lowest BCUT2D eigenvalue weighted by atomic mass is 9.98. The van der Waals surface area contributed by atoms with E-state index in [0.717, 1.165) is 13.0 Å². The second kappa shape index (κ2) is 7.06. The zero-order valence-corrected chi connectivity index (χ0v) is 13.6. The van der Waals surface area contributed by atoms with E-state index in [1.54, 1.807) is 0 Å². The Hall–Kier alpha value is -0.870. The van der Waals surface area contributed by atoms with E-state index in [0.29, 0.717) is 0 Å². The van der Waals surface area contributed by atoms with Gasteiger partial charge in [-0.05, 0) is 59.7 Å². The van der Waals surface area contributed by atoms with Crippen molar-refractivity contribution >= 4 is 22.6 Å². The van der Waals surface area contributed by atoms with Crippen LogP contribution < -0.4 is 5.32 Å². The number of hydrogen-bond donors (Lipinski definition) is 1. The van der Waals surface area contributed by atoms with Crippen LogP contribution in [-0.2, 0) is 0 Å². The maximum absolute atomic E-state index is 3.66. The van der Waals surface area contributed by atoms with Crippen LogP contribution in [0.25, 0.3) is 0 Å². The fraction of sp³-hybridized carbons (Fsp3) is 0.294. The first kappa shape index (κ1) is 14.5. The number of nitrogens with one attached hydrogen (secondary N) is 1. The molecule has 1 nitrogen and oxygen atoms in total. The first-order valence-corrected chi connectivity index (χ1v) is 7.84. The molecule has 2 aromatic carbocycles. The minimum absolute atomic E-state index is 0.286. The molecule has 2 heteroatoms. The minimum atomic E-state index is 0.286. The molecule has 0 bridgehead atoms. The summed E-state index contributed by atoms with van der Waals surface area (Å²) in [6.07, 6.45) is 1.14. The fourth-order valence-corrected chi connectivity index (χ4v) is 2.86. The zero-order valence-electron chi connectivity index (χ0n) is 11.5. The van der Waals surface area contributed by atoms with Crippen LogP contribution in [0.15, 0.2) is 48.5 Å². The van der Waals surface area contributed by atoms with Crippen molar-refractivity contribution in [3.8, 4) is 0 Å². The highest BCUT2D eigenvalue weighted by Crippen LogP contribution is 2.26. The van der Waals surface area contributed by atoms with Gasteiger partial charge < -0.3 is 5.32 Å². The van der Waals surface area contributed by atoms with Gasteiger partial charge >= 0.3 is 0 Å². The van der Waals surface area contributed by atoms with Gasteiger partial charge in [0.25, 0.3) is 0 Å². The second-order valence-electron chi connectivity index (χ2n) is 4.82. The van der Waals surface area contributed by atoms with Crippen LogP contribution in [0.4, 0.5) is 0 Å². The van der Waals surface area contributed by atoms with Crippen LogP contribution in [0, 0.1) is 10.5 Å². The molecule has 0 saturated carbocycles. The maximum Gasteiger partial charge on any atom is 0.0587 e. The van der Waals surface area contributed by atoms with Crippen molar-refractivity contribution in [2.45, 2.75) is 26.3 Å². The molecule has 1 atom stereocenters. The van der Waals surface area contributed by atoms with Crippen LogP contribution >= 0.6 is 22.6 Å². The summed E-state index contributed by atoms with van der Waals surface area (Å²) >= 11 is 2.42. The topological polar surface area (TPSA) is 12.0 Å². The van der Waals surface area contributed by atoms with Gasteiger partial charge in [0, 0.05) is 3.57 Å². The molecule has 0 spiro atoms. The molecule has 19 heavy (non-hydrogen) atoms. The van der Waals surface area contributed by atoms with E-state index in [4.69, 9.17) is 0 Å². The summed E-state index contributed by atoms with van der Waals surface area (Å²) < 4.78 is 1.31. The quantitative estimate of drug-likeness (QED) is 0.759. The third kappa shape index (κ3) is 3.80. The predicted molar refractivity (Wildman–Crippen MR) is 90.5 cm³/mol. The Labute approximate surface area is 129 Å². The smallest absolute Gasteiger partial charge is 0.0587 e. The predicted octanol–water partition coefficient (Wildman–Crippen LogP) is 4.69. The van der Waals surface area contributed by atoms with Crippen LogP contribution in [-0.4, -0.2) is 6.54 Å². The van der Waals surface area contributed by atoms with Crippen LogP contribution in [0.2, 0.25) is 0 Å². The summed E-state index contributed by atoms with van der Waals surface area (Å²) in [5, 5.41) is 3.66.